The van der Waals surface area contributed by atoms with Crippen LogP contribution in [0.25, 0.3) is 0 Å². The van der Waals surface area contributed by atoms with Gasteiger partial charge in [0, 0.05) is 17.6 Å². The first-order valence-corrected chi connectivity index (χ1v) is 9.72. The number of halogens is 2. The smallest absolute Gasteiger partial charge is 0.227 e. The molecule has 0 saturated carbocycles. The largest absolute Gasteiger partial charge is 0.340 e. The fraction of sp³-hybridized carbons (Fsp3) is 0.235. The van der Waals surface area contributed by atoms with Gasteiger partial charge in [-0.1, -0.05) is 28.1 Å². The van der Waals surface area contributed by atoms with E-state index in [1.807, 2.05) is 24.3 Å². The van der Waals surface area contributed by atoms with Gasteiger partial charge in [0.1, 0.15) is 11.1 Å². The van der Waals surface area contributed by atoms with Gasteiger partial charge in [-0.2, -0.15) is 0 Å². The van der Waals surface area contributed by atoms with Crippen LogP contribution in [0.4, 0.5) is 4.39 Å². The average Bonchev–Trinajstić information content (AvgIpc) is 2.48. The van der Waals surface area contributed by atoms with E-state index in [2.05, 4.69) is 15.9 Å². The maximum atomic E-state index is 12.9. The van der Waals surface area contributed by atoms with Crippen molar-refractivity contribution in [3.63, 3.8) is 0 Å². The Hall–Kier alpha value is -1.73. The number of likely N-dealkylation sites (tertiary alicyclic amines) is 1. The summed E-state index contributed by atoms with van der Waals surface area (Å²) in [5.41, 5.74) is 0.882. The van der Waals surface area contributed by atoms with Crippen LogP contribution in [-0.4, -0.2) is 37.6 Å². The average molecular weight is 412 g/mol. The summed E-state index contributed by atoms with van der Waals surface area (Å²) < 4.78 is 38.7. The number of nitrogens with zero attached hydrogens (tertiary/aromatic N) is 1. The Labute approximate surface area is 148 Å². The molecule has 0 N–H and O–H groups in total. The van der Waals surface area contributed by atoms with Gasteiger partial charge in [-0.15, -0.1) is 0 Å². The van der Waals surface area contributed by atoms with Gasteiger partial charge in [-0.05, 0) is 42.0 Å². The lowest BCUT2D eigenvalue weighted by molar-refractivity contribution is -0.133. The van der Waals surface area contributed by atoms with Crippen molar-refractivity contribution in [2.45, 2.75) is 16.6 Å². The second kappa shape index (κ2) is 6.64. The minimum Gasteiger partial charge on any atom is -0.340 e. The van der Waals surface area contributed by atoms with E-state index < -0.39 is 20.9 Å². The molecule has 0 aliphatic carbocycles. The van der Waals surface area contributed by atoms with E-state index >= 15 is 0 Å². The van der Waals surface area contributed by atoms with Crippen molar-refractivity contribution in [2.24, 2.45) is 0 Å². The second-order valence-electron chi connectivity index (χ2n) is 5.72. The van der Waals surface area contributed by atoms with E-state index in [-0.39, 0.29) is 30.3 Å². The van der Waals surface area contributed by atoms with Crippen LogP contribution < -0.4 is 0 Å². The minimum absolute atomic E-state index is 0.0916. The molecule has 1 saturated heterocycles. The molecule has 3 rings (SSSR count). The molecule has 0 aromatic heterocycles. The summed E-state index contributed by atoms with van der Waals surface area (Å²) >= 11 is 3.34. The van der Waals surface area contributed by atoms with Crippen LogP contribution >= 0.6 is 15.9 Å². The highest BCUT2D eigenvalue weighted by Crippen LogP contribution is 2.24. The fourth-order valence-electron chi connectivity index (χ4n) is 2.54. The lowest BCUT2D eigenvalue weighted by Crippen LogP contribution is -2.57. The number of carbonyl (C=O) groups is 1. The van der Waals surface area contributed by atoms with Crippen molar-refractivity contribution in [1.29, 1.82) is 0 Å². The summed E-state index contributed by atoms with van der Waals surface area (Å²) in [7, 11) is -3.53. The predicted molar refractivity (Wildman–Crippen MR) is 91.8 cm³/mol. The zero-order valence-electron chi connectivity index (χ0n) is 12.7. The molecule has 0 bridgehead atoms. The molecule has 0 unspecified atom stereocenters. The second-order valence-corrected chi connectivity index (χ2v) is 8.87. The van der Waals surface area contributed by atoms with Crippen molar-refractivity contribution in [1.82, 2.24) is 4.90 Å². The monoisotopic (exact) mass is 411 g/mol. The molecule has 1 aliphatic heterocycles. The van der Waals surface area contributed by atoms with E-state index in [4.69, 9.17) is 0 Å². The first kappa shape index (κ1) is 17.1. The number of rotatable bonds is 4. The molecular formula is C17H15BrFNO3S. The summed E-state index contributed by atoms with van der Waals surface area (Å²) in [6.07, 6.45) is 0.247. The standard InChI is InChI=1S/C17H15BrFNO3S/c18-13-3-1-12(2-4-13)9-17(21)20-10-16(11-20)24(22,23)15-7-5-14(19)6-8-15/h1-8,16H,9-11H2. The zero-order valence-corrected chi connectivity index (χ0v) is 15.1. The molecule has 2 aromatic carbocycles. The lowest BCUT2D eigenvalue weighted by atomic mass is 10.1. The van der Waals surface area contributed by atoms with E-state index in [9.17, 15) is 17.6 Å². The summed E-state index contributed by atoms with van der Waals surface area (Å²) in [6, 6.07) is 12.2. The molecule has 0 atom stereocenters. The summed E-state index contributed by atoms with van der Waals surface area (Å²) in [5, 5.41) is -0.628. The van der Waals surface area contributed by atoms with Crippen molar-refractivity contribution in [2.75, 3.05) is 13.1 Å². The minimum atomic E-state index is -3.53. The highest BCUT2D eigenvalue weighted by atomic mass is 79.9. The van der Waals surface area contributed by atoms with Crippen LogP contribution in [0.15, 0.2) is 57.9 Å². The van der Waals surface area contributed by atoms with E-state index in [0.29, 0.717) is 0 Å². The summed E-state index contributed by atoms with van der Waals surface area (Å²) in [5.74, 6) is -0.572. The quantitative estimate of drug-likeness (QED) is 0.726. The van der Waals surface area contributed by atoms with Crippen LogP contribution in [-0.2, 0) is 21.1 Å². The van der Waals surface area contributed by atoms with Gasteiger partial charge in [0.05, 0.1) is 11.3 Å². The first-order chi connectivity index (χ1) is 11.4. The molecule has 0 radical (unpaired) electrons. The molecule has 0 spiro atoms. The maximum absolute atomic E-state index is 12.9. The van der Waals surface area contributed by atoms with Gasteiger partial charge in [0.2, 0.25) is 5.91 Å². The van der Waals surface area contributed by atoms with Crippen LogP contribution in [0.5, 0.6) is 0 Å². The normalized spacial score (nSPS) is 15.2. The summed E-state index contributed by atoms with van der Waals surface area (Å²) in [6.45, 7) is 0.351. The molecular weight excluding hydrogens is 397 g/mol. The third kappa shape index (κ3) is 3.52. The zero-order chi connectivity index (χ0) is 17.3. The molecule has 2 aromatic rings. The van der Waals surface area contributed by atoms with E-state index in [1.165, 1.54) is 17.0 Å². The Balaban J connectivity index is 1.61. The predicted octanol–water partition coefficient (Wildman–Crippen LogP) is 2.82. The fourth-order valence-corrected chi connectivity index (χ4v) is 4.46. The Bertz CT molecular complexity index is 844. The molecule has 1 amide bonds. The van der Waals surface area contributed by atoms with Crippen molar-refractivity contribution < 1.29 is 17.6 Å². The first-order valence-electron chi connectivity index (χ1n) is 7.38. The van der Waals surface area contributed by atoms with Crippen molar-refractivity contribution in [3.05, 3.63) is 64.4 Å². The third-order valence-corrected chi connectivity index (χ3v) is 6.68. The molecule has 4 nitrogen and oxygen atoms in total. The number of hydrogen-bond acceptors (Lipinski definition) is 3. The third-order valence-electron chi connectivity index (χ3n) is 4.05. The Morgan fingerprint density at radius 1 is 1.08 bits per heavy atom. The highest BCUT2D eigenvalue weighted by molar-refractivity contribution is 9.10. The van der Waals surface area contributed by atoms with Gasteiger partial charge < -0.3 is 4.90 Å². The number of sulfone groups is 1. The van der Waals surface area contributed by atoms with Crippen LogP contribution in [0, 0.1) is 5.82 Å². The van der Waals surface area contributed by atoms with Gasteiger partial charge >= 0.3 is 0 Å². The van der Waals surface area contributed by atoms with E-state index in [1.54, 1.807) is 0 Å². The van der Waals surface area contributed by atoms with Gasteiger partial charge in [0.15, 0.2) is 9.84 Å². The van der Waals surface area contributed by atoms with Gasteiger partial charge in [-0.25, -0.2) is 12.8 Å². The molecule has 1 heterocycles. The topological polar surface area (TPSA) is 54.5 Å². The Kier molecular flexibility index (Phi) is 4.73. The molecule has 24 heavy (non-hydrogen) atoms. The van der Waals surface area contributed by atoms with Crippen LogP contribution in [0.2, 0.25) is 0 Å². The van der Waals surface area contributed by atoms with Gasteiger partial charge in [0.25, 0.3) is 0 Å². The van der Waals surface area contributed by atoms with E-state index in [0.717, 1.165) is 22.2 Å². The van der Waals surface area contributed by atoms with Gasteiger partial charge in [-0.3, -0.25) is 4.79 Å². The van der Waals surface area contributed by atoms with Crippen LogP contribution in [0.3, 0.4) is 0 Å². The molecule has 7 heteroatoms. The Morgan fingerprint density at radius 3 is 2.25 bits per heavy atom. The number of hydrogen-bond donors (Lipinski definition) is 0. The molecule has 1 fully saturated rings. The maximum Gasteiger partial charge on any atom is 0.227 e. The van der Waals surface area contributed by atoms with Crippen molar-refractivity contribution in [3.8, 4) is 0 Å². The highest BCUT2D eigenvalue weighted by Gasteiger charge is 2.40. The number of amides is 1. The number of benzene rings is 2. The molecule has 1 aliphatic rings. The lowest BCUT2D eigenvalue weighted by Gasteiger charge is -2.38. The van der Waals surface area contributed by atoms with Crippen LogP contribution in [0.1, 0.15) is 5.56 Å². The van der Waals surface area contributed by atoms with Crippen molar-refractivity contribution >= 4 is 31.7 Å². The SMILES string of the molecule is O=C(Cc1ccc(Br)cc1)N1CC(S(=O)(=O)c2ccc(F)cc2)C1. The number of carbonyl (C=O) groups excluding carboxylic acids is 1. The summed E-state index contributed by atoms with van der Waals surface area (Å²) in [4.78, 5) is 13.8. The molecule has 126 valence electrons. The Morgan fingerprint density at radius 2 is 1.67 bits per heavy atom.